The molecule has 0 aromatic heterocycles. The van der Waals surface area contributed by atoms with E-state index in [0.717, 1.165) is 24.9 Å². The van der Waals surface area contributed by atoms with Gasteiger partial charge in [-0.05, 0) is 58.3 Å². The number of nitrogens with one attached hydrogen (secondary N) is 2. The van der Waals surface area contributed by atoms with Gasteiger partial charge in [0.25, 0.3) is 0 Å². The Morgan fingerprint density at radius 2 is 1.46 bits per heavy atom. The minimum atomic E-state index is 0.422. The highest BCUT2D eigenvalue weighted by Crippen LogP contribution is 2.27. The molecule has 1 rings (SSSR count). The third kappa shape index (κ3) is 3.63. The zero-order valence-corrected chi connectivity index (χ0v) is 8.84. The lowest BCUT2D eigenvalue weighted by molar-refractivity contribution is 0.234. The standard InChI is InChI=1S/C10H23N3/c1-12-6-8-3-9(7-13-2)5-10(11)4-8/h8-10,12-13H,3-7,11H2,1-2H3. The van der Waals surface area contributed by atoms with Crippen LogP contribution in [0.2, 0.25) is 0 Å². The Hall–Kier alpha value is -0.120. The number of hydrogen-bond acceptors (Lipinski definition) is 3. The van der Waals surface area contributed by atoms with E-state index in [0.29, 0.717) is 6.04 Å². The summed E-state index contributed by atoms with van der Waals surface area (Å²) in [4.78, 5) is 0. The molecule has 0 aromatic carbocycles. The summed E-state index contributed by atoms with van der Waals surface area (Å²) in [5.41, 5.74) is 6.02. The quantitative estimate of drug-likeness (QED) is 0.585. The van der Waals surface area contributed by atoms with E-state index in [1.54, 1.807) is 0 Å². The van der Waals surface area contributed by atoms with E-state index in [4.69, 9.17) is 5.73 Å². The van der Waals surface area contributed by atoms with Crippen molar-refractivity contribution in [1.29, 1.82) is 0 Å². The van der Waals surface area contributed by atoms with Crippen LogP contribution in [0.25, 0.3) is 0 Å². The molecule has 78 valence electrons. The van der Waals surface area contributed by atoms with Gasteiger partial charge in [-0.25, -0.2) is 0 Å². The summed E-state index contributed by atoms with van der Waals surface area (Å²) in [6, 6.07) is 0.422. The average Bonchev–Trinajstić information content (AvgIpc) is 2.04. The smallest absolute Gasteiger partial charge is 0.00450 e. The van der Waals surface area contributed by atoms with E-state index in [9.17, 15) is 0 Å². The van der Waals surface area contributed by atoms with E-state index in [1.165, 1.54) is 19.3 Å². The van der Waals surface area contributed by atoms with Crippen molar-refractivity contribution in [2.24, 2.45) is 17.6 Å². The van der Waals surface area contributed by atoms with Gasteiger partial charge in [0, 0.05) is 6.04 Å². The summed E-state index contributed by atoms with van der Waals surface area (Å²) in [6.07, 6.45) is 3.72. The van der Waals surface area contributed by atoms with Crippen molar-refractivity contribution in [3.63, 3.8) is 0 Å². The summed E-state index contributed by atoms with van der Waals surface area (Å²) < 4.78 is 0. The minimum Gasteiger partial charge on any atom is -0.328 e. The molecule has 0 saturated heterocycles. The SMILES string of the molecule is CNCC1CC(N)CC(CNC)C1. The van der Waals surface area contributed by atoms with Crippen LogP contribution in [0.1, 0.15) is 19.3 Å². The Morgan fingerprint density at radius 3 is 1.85 bits per heavy atom. The predicted octanol–water partition coefficient (Wildman–Crippen LogP) is 0.169. The van der Waals surface area contributed by atoms with E-state index < -0.39 is 0 Å². The maximum absolute atomic E-state index is 6.02. The van der Waals surface area contributed by atoms with E-state index in [2.05, 4.69) is 10.6 Å². The number of rotatable bonds is 4. The summed E-state index contributed by atoms with van der Waals surface area (Å²) in [5, 5.41) is 6.49. The van der Waals surface area contributed by atoms with Crippen LogP contribution in [0.3, 0.4) is 0 Å². The number of hydrogen-bond donors (Lipinski definition) is 3. The maximum atomic E-state index is 6.02. The van der Waals surface area contributed by atoms with E-state index >= 15 is 0 Å². The largest absolute Gasteiger partial charge is 0.328 e. The monoisotopic (exact) mass is 185 g/mol. The number of nitrogens with two attached hydrogens (primary N) is 1. The predicted molar refractivity (Wildman–Crippen MR) is 56.7 cm³/mol. The lowest BCUT2D eigenvalue weighted by atomic mass is 9.79. The molecule has 1 aliphatic rings. The molecule has 0 amide bonds. The second-order valence-electron chi connectivity index (χ2n) is 4.31. The molecule has 0 radical (unpaired) electrons. The van der Waals surface area contributed by atoms with Crippen LogP contribution in [0.15, 0.2) is 0 Å². The molecule has 0 aromatic rings. The van der Waals surface area contributed by atoms with Crippen molar-refractivity contribution in [1.82, 2.24) is 10.6 Å². The van der Waals surface area contributed by atoms with Crippen molar-refractivity contribution in [3.05, 3.63) is 0 Å². The maximum Gasteiger partial charge on any atom is 0.00450 e. The molecule has 3 heteroatoms. The molecule has 13 heavy (non-hydrogen) atoms. The zero-order chi connectivity index (χ0) is 9.68. The first kappa shape index (κ1) is 11.0. The highest BCUT2D eigenvalue weighted by atomic mass is 14.8. The van der Waals surface area contributed by atoms with Gasteiger partial charge in [-0.1, -0.05) is 0 Å². The van der Waals surface area contributed by atoms with Gasteiger partial charge in [0.2, 0.25) is 0 Å². The Bertz CT molecular complexity index is 124. The van der Waals surface area contributed by atoms with Gasteiger partial charge in [0.1, 0.15) is 0 Å². The van der Waals surface area contributed by atoms with Crippen molar-refractivity contribution in [2.75, 3.05) is 27.2 Å². The summed E-state index contributed by atoms with van der Waals surface area (Å²) in [6.45, 7) is 2.24. The second-order valence-corrected chi connectivity index (χ2v) is 4.31. The summed E-state index contributed by atoms with van der Waals surface area (Å²) in [7, 11) is 4.04. The molecule has 3 nitrogen and oxygen atoms in total. The zero-order valence-electron chi connectivity index (χ0n) is 8.84. The lowest BCUT2D eigenvalue weighted by Gasteiger charge is -2.33. The van der Waals surface area contributed by atoms with Crippen LogP contribution >= 0.6 is 0 Å². The molecule has 0 bridgehead atoms. The first-order valence-electron chi connectivity index (χ1n) is 5.31. The average molecular weight is 185 g/mol. The molecule has 2 unspecified atom stereocenters. The topological polar surface area (TPSA) is 50.1 Å². The van der Waals surface area contributed by atoms with Crippen LogP contribution in [0.5, 0.6) is 0 Å². The minimum absolute atomic E-state index is 0.422. The van der Waals surface area contributed by atoms with Crippen LogP contribution in [-0.4, -0.2) is 33.2 Å². The molecule has 1 aliphatic carbocycles. The van der Waals surface area contributed by atoms with E-state index in [-0.39, 0.29) is 0 Å². The Morgan fingerprint density at radius 1 is 1.00 bits per heavy atom. The fourth-order valence-corrected chi connectivity index (χ4v) is 2.53. The van der Waals surface area contributed by atoms with Gasteiger partial charge in [0.15, 0.2) is 0 Å². The highest BCUT2D eigenvalue weighted by Gasteiger charge is 2.25. The third-order valence-corrected chi connectivity index (χ3v) is 2.92. The van der Waals surface area contributed by atoms with Crippen LogP contribution < -0.4 is 16.4 Å². The molecule has 1 saturated carbocycles. The fourth-order valence-electron chi connectivity index (χ4n) is 2.53. The van der Waals surface area contributed by atoms with Gasteiger partial charge < -0.3 is 16.4 Å². The Balaban J connectivity index is 2.33. The molecule has 2 atom stereocenters. The van der Waals surface area contributed by atoms with Crippen LogP contribution in [-0.2, 0) is 0 Å². The van der Waals surface area contributed by atoms with Gasteiger partial charge >= 0.3 is 0 Å². The fraction of sp³-hybridized carbons (Fsp3) is 1.00. The molecule has 4 N–H and O–H groups in total. The molecular weight excluding hydrogens is 162 g/mol. The van der Waals surface area contributed by atoms with Crippen molar-refractivity contribution in [2.45, 2.75) is 25.3 Å². The molecule has 0 heterocycles. The van der Waals surface area contributed by atoms with Gasteiger partial charge in [-0.2, -0.15) is 0 Å². The molecule has 1 fully saturated rings. The first-order chi connectivity index (χ1) is 6.26. The van der Waals surface area contributed by atoms with Crippen molar-refractivity contribution < 1.29 is 0 Å². The summed E-state index contributed by atoms with van der Waals surface area (Å²) >= 11 is 0. The molecule has 0 aliphatic heterocycles. The normalized spacial score (nSPS) is 34.8. The van der Waals surface area contributed by atoms with E-state index in [1.807, 2.05) is 14.1 Å². The molecular formula is C10H23N3. The highest BCUT2D eigenvalue weighted by molar-refractivity contribution is 4.82. The molecule has 0 spiro atoms. The Kier molecular flexibility index (Phi) is 4.70. The van der Waals surface area contributed by atoms with Crippen LogP contribution in [0.4, 0.5) is 0 Å². The van der Waals surface area contributed by atoms with Gasteiger partial charge in [-0.15, -0.1) is 0 Å². The van der Waals surface area contributed by atoms with Crippen LogP contribution in [0, 0.1) is 11.8 Å². The third-order valence-electron chi connectivity index (χ3n) is 2.92. The lowest BCUT2D eigenvalue weighted by Crippen LogP contribution is -2.39. The second kappa shape index (κ2) is 5.58. The van der Waals surface area contributed by atoms with Gasteiger partial charge in [-0.3, -0.25) is 0 Å². The summed E-state index contributed by atoms with van der Waals surface area (Å²) in [5.74, 6) is 1.57. The van der Waals surface area contributed by atoms with Gasteiger partial charge in [0.05, 0.1) is 0 Å². The van der Waals surface area contributed by atoms with Crippen molar-refractivity contribution >= 4 is 0 Å². The first-order valence-corrected chi connectivity index (χ1v) is 5.31. The van der Waals surface area contributed by atoms with Crippen molar-refractivity contribution in [3.8, 4) is 0 Å². The Labute approximate surface area is 81.5 Å².